The third kappa shape index (κ3) is 6.79. The van der Waals surface area contributed by atoms with Crippen molar-refractivity contribution >= 4 is 14.3 Å². The molecule has 110 valence electrons. The van der Waals surface area contributed by atoms with Gasteiger partial charge in [-0.05, 0) is 37.4 Å². The van der Waals surface area contributed by atoms with Crippen LogP contribution in [0, 0.1) is 12.3 Å². The molecule has 0 heterocycles. The normalized spacial score (nSPS) is 13.7. The Morgan fingerprint density at radius 3 is 2.32 bits per heavy atom. The molecule has 0 amide bonds. The molecule has 0 aliphatic rings. The summed E-state index contributed by atoms with van der Waals surface area (Å²) in [5, 5.41) is 0.161. The van der Waals surface area contributed by atoms with Crippen LogP contribution in [-0.4, -0.2) is 27.5 Å². The van der Waals surface area contributed by atoms with Crippen molar-refractivity contribution in [1.29, 1.82) is 0 Å². The van der Waals surface area contributed by atoms with Crippen molar-refractivity contribution in [2.24, 2.45) is 0 Å². The number of terminal acetylenes is 1. The molecule has 0 saturated carbocycles. The van der Waals surface area contributed by atoms with Crippen molar-refractivity contribution in [2.75, 3.05) is 7.11 Å². The number of esters is 1. The van der Waals surface area contributed by atoms with E-state index < -0.39 is 8.32 Å². The fraction of sp³-hybridized carbons (Fsp3) is 0.800. The summed E-state index contributed by atoms with van der Waals surface area (Å²) in [6.07, 6.45) is 8.35. The zero-order valence-corrected chi connectivity index (χ0v) is 14.2. The van der Waals surface area contributed by atoms with Gasteiger partial charge in [-0.3, -0.25) is 4.79 Å². The smallest absolute Gasteiger partial charge is 0.305 e. The van der Waals surface area contributed by atoms with Crippen LogP contribution in [0.1, 0.15) is 46.5 Å². The van der Waals surface area contributed by atoms with Crippen LogP contribution >= 0.6 is 0 Å². The van der Waals surface area contributed by atoms with Crippen molar-refractivity contribution in [2.45, 2.75) is 70.7 Å². The second-order valence-corrected chi connectivity index (χ2v) is 11.1. The van der Waals surface area contributed by atoms with Gasteiger partial charge in [0.15, 0.2) is 8.32 Å². The van der Waals surface area contributed by atoms with Crippen molar-refractivity contribution in [3.63, 3.8) is 0 Å². The molecule has 1 atom stereocenters. The zero-order valence-electron chi connectivity index (χ0n) is 13.2. The predicted molar refractivity (Wildman–Crippen MR) is 81.4 cm³/mol. The first-order valence-corrected chi connectivity index (χ1v) is 9.75. The first-order valence-electron chi connectivity index (χ1n) is 6.85. The number of hydrogen-bond acceptors (Lipinski definition) is 3. The van der Waals surface area contributed by atoms with Gasteiger partial charge in [-0.1, -0.05) is 26.7 Å². The van der Waals surface area contributed by atoms with Gasteiger partial charge in [-0.2, -0.15) is 0 Å². The Bertz CT molecular complexity index is 323. The van der Waals surface area contributed by atoms with Gasteiger partial charge in [-0.25, -0.2) is 0 Å². The fourth-order valence-electron chi connectivity index (χ4n) is 1.41. The number of unbranched alkanes of at least 4 members (excludes halogenated alkanes) is 1. The van der Waals surface area contributed by atoms with Crippen LogP contribution in [0.25, 0.3) is 0 Å². The summed E-state index contributed by atoms with van der Waals surface area (Å²) in [5.41, 5.74) is 0. The summed E-state index contributed by atoms with van der Waals surface area (Å²) in [5.74, 6) is 2.56. The molecule has 0 aromatic carbocycles. The van der Waals surface area contributed by atoms with Crippen molar-refractivity contribution < 1.29 is 14.0 Å². The molecule has 0 aromatic heterocycles. The molecule has 0 fully saturated rings. The highest BCUT2D eigenvalue weighted by molar-refractivity contribution is 6.74. The van der Waals surface area contributed by atoms with Gasteiger partial charge < -0.3 is 9.16 Å². The Hall–Kier alpha value is -0.793. The summed E-state index contributed by atoms with van der Waals surface area (Å²) in [6, 6.07) is 0. The Labute approximate surface area is 119 Å². The van der Waals surface area contributed by atoms with Gasteiger partial charge in [0.25, 0.3) is 0 Å². The molecule has 0 radical (unpaired) electrons. The van der Waals surface area contributed by atoms with Gasteiger partial charge in [0.05, 0.1) is 7.11 Å². The molecule has 0 spiro atoms. The molecular formula is C15H28O3Si. The van der Waals surface area contributed by atoms with E-state index in [2.05, 4.69) is 44.5 Å². The first kappa shape index (κ1) is 18.2. The minimum absolute atomic E-state index is 0.140. The van der Waals surface area contributed by atoms with Gasteiger partial charge in [0.2, 0.25) is 0 Å². The van der Waals surface area contributed by atoms with E-state index in [0.29, 0.717) is 6.42 Å². The number of rotatable bonds is 7. The average molecular weight is 284 g/mol. The molecule has 0 bridgehead atoms. The Morgan fingerprint density at radius 1 is 1.32 bits per heavy atom. The van der Waals surface area contributed by atoms with Crippen molar-refractivity contribution in [3.8, 4) is 12.3 Å². The fourth-order valence-corrected chi connectivity index (χ4v) is 2.66. The topological polar surface area (TPSA) is 35.5 Å². The standard InChI is InChI=1S/C15H28O3Si/c1-8-13(11-9-10-12-14(16)17-5)18-19(6,7)15(2,3)4/h1,13H,9-12H2,2-7H3/t13-/m1/s1. The Kier molecular flexibility index (Phi) is 7.39. The van der Waals surface area contributed by atoms with Gasteiger partial charge in [0, 0.05) is 6.42 Å². The minimum atomic E-state index is -1.81. The van der Waals surface area contributed by atoms with E-state index in [1.165, 1.54) is 7.11 Å². The summed E-state index contributed by atoms with van der Waals surface area (Å²) in [7, 11) is -0.402. The second-order valence-electron chi connectivity index (χ2n) is 6.36. The highest BCUT2D eigenvalue weighted by Crippen LogP contribution is 2.37. The van der Waals surface area contributed by atoms with E-state index in [9.17, 15) is 4.79 Å². The molecule has 19 heavy (non-hydrogen) atoms. The van der Waals surface area contributed by atoms with E-state index in [1.807, 2.05) is 0 Å². The lowest BCUT2D eigenvalue weighted by Crippen LogP contribution is -2.43. The van der Waals surface area contributed by atoms with Crippen molar-refractivity contribution in [3.05, 3.63) is 0 Å². The van der Waals surface area contributed by atoms with Crippen LogP contribution in [0.15, 0.2) is 0 Å². The molecule has 0 aromatic rings. The summed E-state index contributed by atoms with van der Waals surface area (Å²) in [6.45, 7) is 11.0. The molecular weight excluding hydrogens is 256 g/mol. The predicted octanol–water partition coefficient (Wildman–Crippen LogP) is 3.74. The molecule has 0 rings (SSSR count). The second kappa shape index (κ2) is 7.71. The third-order valence-corrected chi connectivity index (χ3v) is 8.24. The lowest BCUT2D eigenvalue weighted by Gasteiger charge is -2.38. The number of carbonyl (C=O) groups excluding carboxylic acids is 1. The number of carbonyl (C=O) groups is 1. The van der Waals surface area contributed by atoms with Crippen LogP contribution < -0.4 is 0 Å². The summed E-state index contributed by atoms with van der Waals surface area (Å²) < 4.78 is 10.8. The van der Waals surface area contributed by atoms with Crippen LogP contribution in [-0.2, 0) is 14.0 Å². The van der Waals surface area contributed by atoms with E-state index in [1.54, 1.807) is 0 Å². The Morgan fingerprint density at radius 2 is 1.89 bits per heavy atom. The molecule has 0 unspecified atom stereocenters. The number of methoxy groups -OCH3 is 1. The lowest BCUT2D eigenvalue weighted by atomic mass is 10.1. The van der Waals surface area contributed by atoms with Crippen LogP contribution in [0.5, 0.6) is 0 Å². The molecule has 0 N–H and O–H groups in total. The third-order valence-electron chi connectivity index (χ3n) is 3.75. The highest BCUT2D eigenvalue weighted by atomic mass is 28.4. The Balaban J connectivity index is 4.17. The van der Waals surface area contributed by atoms with E-state index in [-0.39, 0.29) is 17.1 Å². The zero-order chi connectivity index (χ0) is 15.1. The number of ether oxygens (including phenoxy) is 1. The number of hydrogen-bond donors (Lipinski definition) is 0. The quantitative estimate of drug-likeness (QED) is 0.309. The van der Waals surface area contributed by atoms with Crippen molar-refractivity contribution in [1.82, 2.24) is 0 Å². The SMILES string of the molecule is C#C[C@H](CCCCC(=O)OC)O[Si](C)(C)C(C)(C)C. The molecule has 0 aliphatic carbocycles. The van der Waals surface area contributed by atoms with Crippen LogP contribution in [0.3, 0.4) is 0 Å². The molecule has 0 aliphatic heterocycles. The molecule has 4 heteroatoms. The maximum Gasteiger partial charge on any atom is 0.305 e. The van der Waals surface area contributed by atoms with Gasteiger partial charge in [-0.15, -0.1) is 6.42 Å². The van der Waals surface area contributed by atoms with E-state index in [0.717, 1.165) is 19.3 Å². The van der Waals surface area contributed by atoms with Gasteiger partial charge >= 0.3 is 5.97 Å². The van der Waals surface area contributed by atoms with Gasteiger partial charge in [0.1, 0.15) is 6.10 Å². The lowest BCUT2D eigenvalue weighted by molar-refractivity contribution is -0.140. The maximum absolute atomic E-state index is 11.0. The molecule has 3 nitrogen and oxygen atoms in total. The van der Waals surface area contributed by atoms with Crippen LogP contribution in [0.2, 0.25) is 18.1 Å². The average Bonchev–Trinajstić information content (AvgIpc) is 2.30. The first-order chi connectivity index (χ1) is 8.64. The van der Waals surface area contributed by atoms with E-state index in [4.69, 9.17) is 10.8 Å². The molecule has 0 saturated heterocycles. The highest BCUT2D eigenvalue weighted by Gasteiger charge is 2.38. The monoisotopic (exact) mass is 284 g/mol. The summed E-state index contributed by atoms with van der Waals surface area (Å²) >= 11 is 0. The van der Waals surface area contributed by atoms with E-state index >= 15 is 0 Å². The minimum Gasteiger partial charge on any atom is -0.469 e. The largest absolute Gasteiger partial charge is 0.469 e. The summed E-state index contributed by atoms with van der Waals surface area (Å²) in [4.78, 5) is 11.0. The van der Waals surface area contributed by atoms with Crippen LogP contribution in [0.4, 0.5) is 0 Å². The maximum atomic E-state index is 11.0.